The van der Waals surface area contributed by atoms with E-state index >= 15 is 0 Å². The summed E-state index contributed by atoms with van der Waals surface area (Å²) in [5.41, 5.74) is 3.73. The predicted octanol–water partition coefficient (Wildman–Crippen LogP) is 3.24. The Hall–Kier alpha value is -3.59. The van der Waals surface area contributed by atoms with Crippen LogP contribution in [0.1, 0.15) is 11.1 Å². The maximum absolute atomic E-state index is 12.3. The fourth-order valence-corrected chi connectivity index (χ4v) is 3.86. The molecule has 4 aromatic rings. The highest BCUT2D eigenvalue weighted by Gasteiger charge is 2.14. The van der Waals surface area contributed by atoms with Gasteiger partial charge >= 0.3 is 0 Å². The van der Waals surface area contributed by atoms with E-state index in [0.29, 0.717) is 23.8 Å². The van der Waals surface area contributed by atoms with Crippen LogP contribution in [0.4, 0.5) is 0 Å². The summed E-state index contributed by atoms with van der Waals surface area (Å²) >= 11 is 1.36. The Bertz CT molecular complexity index is 1260. The minimum absolute atomic E-state index is 0.0768. The number of carbonyl (C=O) groups is 1. The van der Waals surface area contributed by atoms with Crippen molar-refractivity contribution < 1.29 is 14.3 Å². The van der Waals surface area contributed by atoms with Crippen LogP contribution < -0.4 is 14.8 Å². The summed E-state index contributed by atoms with van der Waals surface area (Å²) in [6.45, 7) is 2.69. The Morgan fingerprint density at radius 2 is 1.90 bits per heavy atom. The molecule has 0 radical (unpaired) electrons. The van der Waals surface area contributed by atoms with Crippen molar-refractivity contribution in [3.8, 4) is 22.9 Å². The van der Waals surface area contributed by atoms with Gasteiger partial charge in [-0.25, -0.2) is 0 Å². The van der Waals surface area contributed by atoms with Crippen molar-refractivity contribution in [2.45, 2.75) is 18.5 Å². The van der Waals surface area contributed by atoms with Gasteiger partial charge in [-0.2, -0.15) is 9.61 Å². The molecule has 5 rings (SSSR count). The average molecular weight is 433 g/mol. The summed E-state index contributed by atoms with van der Waals surface area (Å²) in [6.07, 6.45) is 0. The molecule has 2 aromatic heterocycles. The number of aryl methyl sites for hydroxylation is 1. The van der Waals surface area contributed by atoms with Gasteiger partial charge in [-0.15, -0.1) is 10.2 Å². The molecule has 0 aliphatic carbocycles. The lowest BCUT2D eigenvalue weighted by Gasteiger charge is -2.06. The van der Waals surface area contributed by atoms with E-state index < -0.39 is 0 Å². The molecule has 0 unspecified atom stereocenters. The van der Waals surface area contributed by atoms with Crippen LogP contribution in [0.15, 0.2) is 59.6 Å². The van der Waals surface area contributed by atoms with Crippen LogP contribution in [0.5, 0.6) is 11.5 Å². The number of rotatable bonds is 6. The molecular formula is C22H19N5O3S. The van der Waals surface area contributed by atoms with Gasteiger partial charge in [0.05, 0.1) is 5.75 Å². The molecule has 0 fully saturated rings. The molecule has 1 aliphatic heterocycles. The Balaban J connectivity index is 1.22. The number of ether oxygens (including phenoxy) is 2. The van der Waals surface area contributed by atoms with E-state index in [1.807, 2.05) is 61.5 Å². The standard InChI is InChI=1S/C22H19N5O3S/c1-14-2-5-16(6-3-14)22-25-24-19-8-9-21(26-27(19)22)31-12-20(28)23-11-15-4-7-17-18(10-15)30-13-29-17/h2-10H,11-13H2,1H3,(H,23,28). The Morgan fingerprint density at radius 3 is 2.77 bits per heavy atom. The maximum Gasteiger partial charge on any atom is 0.231 e. The molecular weight excluding hydrogens is 414 g/mol. The molecule has 1 aliphatic rings. The van der Waals surface area contributed by atoms with Crippen LogP contribution in [0, 0.1) is 6.92 Å². The van der Waals surface area contributed by atoms with Gasteiger partial charge in [0, 0.05) is 12.1 Å². The Kier molecular flexibility index (Phi) is 5.17. The van der Waals surface area contributed by atoms with Gasteiger partial charge in [0.2, 0.25) is 12.7 Å². The lowest BCUT2D eigenvalue weighted by atomic mass is 10.1. The Labute approximate surface area is 182 Å². The fraction of sp³-hybridized carbons (Fsp3) is 0.182. The van der Waals surface area contributed by atoms with Crippen molar-refractivity contribution in [2.24, 2.45) is 0 Å². The second-order valence-corrected chi connectivity index (χ2v) is 8.08. The zero-order valence-corrected chi connectivity index (χ0v) is 17.6. The van der Waals surface area contributed by atoms with E-state index in [0.717, 1.165) is 21.9 Å². The first-order valence-electron chi connectivity index (χ1n) is 9.73. The third kappa shape index (κ3) is 4.17. The summed E-state index contributed by atoms with van der Waals surface area (Å²) in [5, 5.41) is 16.7. The number of fused-ring (bicyclic) bond motifs is 2. The predicted molar refractivity (Wildman–Crippen MR) is 116 cm³/mol. The number of hydrogen-bond donors (Lipinski definition) is 1. The molecule has 0 atom stereocenters. The molecule has 1 amide bonds. The van der Waals surface area contributed by atoms with Crippen LogP contribution in [-0.2, 0) is 11.3 Å². The highest BCUT2D eigenvalue weighted by molar-refractivity contribution is 7.99. The number of nitrogens with zero attached hydrogens (tertiary/aromatic N) is 4. The van der Waals surface area contributed by atoms with Crippen molar-refractivity contribution >= 4 is 23.3 Å². The number of thioether (sulfide) groups is 1. The molecule has 0 saturated carbocycles. The monoisotopic (exact) mass is 433 g/mol. The largest absolute Gasteiger partial charge is 0.454 e. The SMILES string of the molecule is Cc1ccc(-c2nnc3ccc(SCC(=O)NCc4ccc5c(c4)OCO5)nn23)cc1. The molecule has 3 heterocycles. The van der Waals surface area contributed by atoms with Gasteiger partial charge in [-0.05, 0) is 36.8 Å². The van der Waals surface area contributed by atoms with Gasteiger partial charge in [0.15, 0.2) is 23.0 Å². The van der Waals surface area contributed by atoms with Gasteiger partial charge in [0.1, 0.15) is 5.03 Å². The van der Waals surface area contributed by atoms with Crippen LogP contribution in [-0.4, -0.2) is 38.3 Å². The summed E-state index contributed by atoms with van der Waals surface area (Å²) in [7, 11) is 0. The zero-order valence-electron chi connectivity index (χ0n) is 16.7. The minimum Gasteiger partial charge on any atom is -0.454 e. The summed E-state index contributed by atoms with van der Waals surface area (Å²) < 4.78 is 12.4. The van der Waals surface area contributed by atoms with Crippen molar-refractivity contribution in [3.05, 3.63) is 65.7 Å². The number of nitrogens with one attached hydrogen (secondary N) is 1. The molecule has 0 saturated heterocycles. The lowest BCUT2D eigenvalue weighted by Crippen LogP contribution is -2.24. The van der Waals surface area contributed by atoms with Gasteiger partial charge < -0.3 is 14.8 Å². The molecule has 156 valence electrons. The highest BCUT2D eigenvalue weighted by Crippen LogP contribution is 2.32. The van der Waals surface area contributed by atoms with Gasteiger partial charge in [0.25, 0.3) is 0 Å². The first kappa shape index (κ1) is 19.4. The van der Waals surface area contributed by atoms with E-state index in [9.17, 15) is 4.79 Å². The second kappa shape index (κ2) is 8.27. The van der Waals surface area contributed by atoms with E-state index in [-0.39, 0.29) is 18.5 Å². The number of carbonyl (C=O) groups excluding carboxylic acids is 1. The second-order valence-electron chi connectivity index (χ2n) is 7.08. The molecule has 8 nitrogen and oxygen atoms in total. The lowest BCUT2D eigenvalue weighted by molar-refractivity contribution is -0.118. The zero-order chi connectivity index (χ0) is 21.2. The van der Waals surface area contributed by atoms with Crippen LogP contribution in [0.25, 0.3) is 17.0 Å². The van der Waals surface area contributed by atoms with Crippen LogP contribution in [0.2, 0.25) is 0 Å². The van der Waals surface area contributed by atoms with E-state index in [1.54, 1.807) is 4.52 Å². The molecule has 31 heavy (non-hydrogen) atoms. The van der Waals surface area contributed by atoms with Crippen molar-refractivity contribution in [1.29, 1.82) is 0 Å². The number of hydrogen-bond acceptors (Lipinski definition) is 7. The van der Waals surface area contributed by atoms with Crippen LogP contribution >= 0.6 is 11.8 Å². The molecule has 0 spiro atoms. The first-order chi connectivity index (χ1) is 15.2. The fourth-order valence-electron chi connectivity index (χ4n) is 3.17. The molecule has 2 aromatic carbocycles. The maximum atomic E-state index is 12.3. The normalized spacial score (nSPS) is 12.3. The van der Waals surface area contributed by atoms with Crippen molar-refractivity contribution in [1.82, 2.24) is 25.1 Å². The van der Waals surface area contributed by atoms with E-state index in [4.69, 9.17) is 9.47 Å². The quantitative estimate of drug-likeness (QED) is 0.467. The molecule has 9 heteroatoms. The number of benzene rings is 2. The molecule has 1 N–H and O–H groups in total. The number of aromatic nitrogens is 4. The molecule has 0 bridgehead atoms. The van der Waals surface area contributed by atoms with Crippen molar-refractivity contribution in [3.63, 3.8) is 0 Å². The average Bonchev–Trinajstić information content (AvgIpc) is 3.43. The third-order valence-electron chi connectivity index (χ3n) is 4.83. The smallest absolute Gasteiger partial charge is 0.231 e. The number of amides is 1. The Morgan fingerprint density at radius 1 is 1.06 bits per heavy atom. The van der Waals surface area contributed by atoms with Crippen molar-refractivity contribution in [2.75, 3.05) is 12.5 Å². The summed E-state index contributed by atoms with van der Waals surface area (Å²) in [6, 6.07) is 17.4. The minimum atomic E-state index is -0.0768. The highest BCUT2D eigenvalue weighted by atomic mass is 32.2. The van der Waals surface area contributed by atoms with Gasteiger partial charge in [-0.1, -0.05) is 47.7 Å². The van der Waals surface area contributed by atoms with E-state index in [2.05, 4.69) is 20.6 Å². The summed E-state index contributed by atoms with van der Waals surface area (Å²) in [5.74, 6) is 2.28. The third-order valence-corrected chi connectivity index (χ3v) is 5.75. The van der Waals surface area contributed by atoms with Gasteiger partial charge in [-0.3, -0.25) is 4.79 Å². The topological polar surface area (TPSA) is 90.6 Å². The van der Waals surface area contributed by atoms with Crippen LogP contribution in [0.3, 0.4) is 0 Å². The van der Waals surface area contributed by atoms with E-state index in [1.165, 1.54) is 17.3 Å². The first-order valence-corrected chi connectivity index (χ1v) is 10.7. The summed E-state index contributed by atoms with van der Waals surface area (Å²) in [4.78, 5) is 12.3.